The Morgan fingerprint density at radius 1 is 1.38 bits per heavy atom. The van der Waals surface area contributed by atoms with Crippen molar-refractivity contribution in [1.82, 2.24) is 9.88 Å². The quantitative estimate of drug-likeness (QED) is 0.924. The molecule has 1 N–H and O–H groups in total. The molecule has 1 amide bonds. The van der Waals surface area contributed by atoms with Gasteiger partial charge in [-0.2, -0.15) is 0 Å². The second kappa shape index (κ2) is 6.83. The average Bonchev–Trinajstić information content (AvgIpc) is 2.90. The van der Waals surface area contributed by atoms with Crippen molar-refractivity contribution in [1.29, 1.82) is 0 Å². The van der Waals surface area contributed by atoms with Gasteiger partial charge in [0.2, 0.25) is 0 Å². The number of hydrogen-bond acceptors (Lipinski definition) is 4. The van der Waals surface area contributed by atoms with Gasteiger partial charge in [-0.25, -0.2) is 4.98 Å². The molecule has 0 aliphatic heterocycles. The summed E-state index contributed by atoms with van der Waals surface area (Å²) in [4.78, 5) is 18.3. The van der Waals surface area contributed by atoms with Crippen LogP contribution < -0.4 is 0 Å². The number of aliphatic hydroxyl groups excluding tert-OH is 1. The first-order valence-electron chi connectivity index (χ1n) is 6.93. The maximum atomic E-state index is 12.2. The Morgan fingerprint density at radius 3 is 2.57 bits per heavy atom. The number of carbonyl (C=O) groups excluding carboxylic acids is 1. The van der Waals surface area contributed by atoms with Crippen molar-refractivity contribution in [3.8, 4) is 10.6 Å². The van der Waals surface area contributed by atoms with Gasteiger partial charge in [0, 0.05) is 35.8 Å². The standard InChI is InChI=1S/C16H20N2O2S/c1-11-10-21-15(17-11)13-4-6-14(7-5-13)16(20)18(3)9-8-12(2)19/h4-7,10,12,19H,8-9H2,1-3H3. The maximum absolute atomic E-state index is 12.2. The summed E-state index contributed by atoms with van der Waals surface area (Å²) in [6.45, 7) is 4.24. The number of benzene rings is 1. The SMILES string of the molecule is Cc1csc(-c2ccc(C(=O)N(C)CCC(C)O)cc2)n1. The number of hydrogen-bond donors (Lipinski definition) is 1. The van der Waals surface area contributed by atoms with Crippen molar-refractivity contribution < 1.29 is 9.90 Å². The second-order valence-corrected chi connectivity index (χ2v) is 6.09. The molecule has 1 aromatic heterocycles. The largest absolute Gasteiger partial charge is 0.393 e. The molecule has 0 radical (unpaired) electrons. The minimum Gasteiger partial charge on any atom is -0.393 e. The van der Waals surface area contributed by atoms with E-state index in [2.05, 4.69) is 4.98 Å². The van der Waals surface area contributed by atoms with Gasteiger partial charge in [-0.1, -0.05) is 12.1 Å². The van der Waals surface area contributed by atoms with E-state index < -0.39 is 6.10 Å². The molecular formula is C16H20N2O2S. The van der Waals surface area contributed by atoms with Crippen LogP contribution in [-0.4, -0.2) is 40.6 Å². The van der Waals surface area contributed by atoms with Crippen LogP contribution >= 0.6 is 11.3 Å². The highest BCUT2D eigenvalue weighted by molar-refractivity contribution is 7.13. The van der Waals surface area contributed by atoms with Crippen LogP contribution in [-0.2, 0) is 0 Å². The summed E-state index contributed by atoms with van der Waals surface area (Å²) < 4.78 is 0. The Bertz CT molecular complexity index is 605. The molecule has 0 aliphatic rings. The van der Waals surface area contributed by atoms with Crippen LogP contribution in [0.4, 0.5) is 0 Å². The Kier molecular flexibility index (Phi) is 5.09. The van der Waals surface area contributed by atoms with Crippen LogP contribution in [0.5, 0.6) is 0 Å². The molecule has 0 saturated carbocycles. The van der Waals surface area contributed by atoms with E-state index in [0.29, 0.717) is 18.5 Å². The Labute approximate surface area is 129 Å². The van der Waals surface area contributed by atoms with E-state index in [-0.39, 0.29) is 5.91 Å². The predicted octanol–water partition coefficient (Wildman–Crippen LogP) is 2.96. The zero-order valence-corrected chi connectivity index (χ0v) is 13.4. The lowest BCUT2D eigenvalue weighted by atomic mass is 10.1. The predicted molar refractivity (Wildman–Crippen MR) is 85.5 cm³/mol. The summed E-state index contributed by atoms with van der Waals surface area (Å²) in [5.74, 6) is -0.0301. The van der Waals surface area contributed by atoms with Gasteiger partial charge in [-0.15, -0.1) is 11.3 Å². The lowest BCUT2D eigenvalue weighted by Gasteiger charge is -2.18. The van der Waals surface area contributed by atoms with E-state index in [4.69, 9.17) is 0 Å². The molecule has 5 heteroatoms. The van der Waals surface area contributed by atoms with E-state index in [0.717, 1.165) is 16.3 Å². The van der Waals surface area contributed by atoms with Crippen molar-refractivity contribution in [2.75, 3.05) is 13.6 Å². The number of amides is 1. The Balaban J connectivity index is 2.06. The van der Waals surface area contributed by atoms with Crippen molar-refractivity contribution in [2.45, 2.75) is 26.4 Å². The molecule has 2 aromatic rings. The summed E-state index contributed by atoms with van der Waals surface area (Å²) in [5, 5.41) is 12.3. The highest BCUT2D eigenvalue weighted by atomic mass is 32.1. The number of aryl methyl sites for hydroxylation is 1. The molecule has 112 valence electrons. The fraction of sp³-hybridized carbons (Fsp3) is 0.375. The van der Waals surface area contributed by atoms with Gasteiger partial charge in [-0.3, -0.25) is 4.79 Å². The van der Waals surface area contributed by atoms with Crippen LogP contribution in [0.3, 0.4) is 0 Å². The Hall–Kier alpha value is -1.72. The summed E-state index contributed by atoms with van der Waals surface area (Å²) >= 11 is 1.60. The monoisotopic (exact) mass is 304 g/mol. The van der Waals surface area contributed by atoms with Crippen LogP contribution in [0.15, 0.2) is 29.6 Å². The fourth-order valence-electron chi connectivity index (χ4n) is 1.94. The first-order valence-corrected chi connectivity index (χ1v) is 7.81. The van der Waals surface area contributed by atoms with Crippen LogP contribution in [0, 0.1) is 6.92 Å². The molecule has 21 heavy (non-hydrogen) atoms. The third-order valence-corrected chi connectivity index (χ3v) is 4.24. The summed E-state index contributed by atoms with van der Waals surface area (Å²) in [5.41, 5.74) is 2.68. The highest BCUT2D eigenvalue weighted by Gasteiger charge is 2.12. The number of aliphatic hydroxyl groups is 1. The van der Waals surface area contributed by atoms with E-state index in [1.807, 2.05) is 36.6 Å². The van der Waals surface area contributed by atoms with Crippen LogP contribution in [0.1, 0.15) is 29.4 Å². The summed E-state index contributed by atoms with van der Waals surface area (Å²) in [6.07, 6.45) is 0.189. The third-order valence-electron chi connectivity index (χ3n) is 3.23. The van der Waals surface area contributed by atoms with Crippen molar-refractivity contribution in [3.63, 3.8) is 0 Å². The topological polar surface area (TPSA) is 53.4 Å². The van der Waals surface area contributed by atoms with Gasteiger partial charge in [0.1, 0.15) is 5.01 Å². The molecule has 0 spiro atoms. The van der Waals surface area contributed by atoms with Crippen LogP contribution in [0.25, 0.3) is 10.6 Å². The minimum absolute atomic E-state index is 0.0301. The third kappa shape index (κ3) is 4.12. The van der Waals surface area contributed by atoms with Gasteiger partial charge < -0.3 is 10.0 Å². The number of aromatic nitrogens is 1. The fourth-order valence-corrected chi connectivity index (χ4v) is 2.75. The lowest BCUT2D eigenvalue weighted by molar-refractivity contribution is 0.0769. The van der Waals surface area contributed by atoms with Gasteiger partial charge in [-0.05, 0) is 32.4 Å². The highest BCUT2D eigenvalue weighted by Crippen LogP contribution is 2.23. The number of rotatable bonds is 5. The molecule has 1 heterocycles. The Morgan fingerprint density at radius 2 is 2.05 bits per heavy atom. The first-order chi connectivity index (χ1) is 9.97. The average molecular weight is 304 g/mol. The van der Waals surface area contributed by atoms with E-state index in [1.165, 1.54) is 0 Å². The zero-order valence-electron chi connectivity index (χ0n) is 12.5. The second-order valence-electron chi connectivity index (χ2n) is 5.24. The molecule has 1 unspecified atom stereocenters. The number of nitrogens with zero attached hydrogens (tertiary/aromatic N) is 2. The van der Waals surface area contributed by atoms with Crippen molar-refractivity contribution in [2.24, 2.45) is 0 Å². The molecule has 2 rings (SSSR count). The summed E-state index contributed by atoms with van der Waals surface area (Å²) in [6, 6.07) is 7.50. The number of thiazole rings is 1. The molecule has 0 saturated heterocycles. The molecule has 0 bridgehead atoms. The van der Waals surface area contributed by atoms with Gasteiger partial charge in [0.25, 0.3) is 5.91 Å². The first kappa shape index (κ1) is 15.7. The van der Waals surface area contributed by atoms with Crippen LogP contribution in [0.2, 0.25) is 0 Å². The smallest absolute Gasteiger partial charge is 0.253 e. The molecule has 0 fully saturated rings. The molecule has 1 aromatic carbocycles. The van der Waals surface area contributed by atoms with E-state index in [1.54, 1.807) is 30.2 Å². The normalized spacial score (nSPS) is 12.2. The van der Waals surface area contributed by atoms with Crippen molar-refractivity contribution in [3.05, 3.63) is 40.9 Å². The van der Waals surface area contributed by atoms with E-state index >= 15 is 0 Å². The zero-order chi connectivity index (χ0) is 15.4. The summed E-state index contributed by atoms with van der Waals surface area (Å²) in [7, 11) is 1.75. The minimum atomic E-state index is -0.393. The van der Waals surface area contributed by atoms with Gasteiger partial charge >= 0.3 is 0 Å². The van der Waals surface area contributed by atoms with Gasteiger partial charge in [0.15, 0.2) is 0 Å². The molecule has 0 aliphatic carbocycles. The van der Waals surface area contributed by atoms with E-state index in [9.17, 15) is 9.90 Å². The molecule has 1 atom stereocenters. The maximum Gasteiger partial charge on any atom is 0.253 e. The van der Waals surface area contributed by atoms with Gasteiger partial charge in [0.05, 0.1) is 6.10 Å². The number of carbonyl (C=O) groups is 1. The molecule has 4 nitrogen and oxygen atoms in total. The lowest BCUT2D eigenvalue weighted by Crippen LogP contribution is -2.29. The van der Waals surface area contributed by atoms with Crippen molar-refractivity contribution >= 4 is 17.2 Å². The molecular weight excluding hydrogens is 284 g/mol.